The Morgan fingerprint density at radius 2 is 1.91 bits per heavy atom. The SMILES string of the molecule is NC(=O)c1ccccc1NC(=O)CCNC(=O)c1ccsc1. The Hall–Kier alpha value is -2.67. The van der Waals surface area contributed by atoms with Crippen molar-refractivity contribution < 1.29 is 14.4 Å². The zero-order valence-corrected chi connectivity index (χ0v) is 12.5. The van der Waals surface area contributed by atoms with Crippen LogP contribution in [0.2, 0.25) is 0 Å². The molecule has 0 aliphatic heterocycles. The molecular formula is C15H15N3O3S. The van der Waals surface area contributed by atoms with Crippen molar-refractivity contribution in [3.8, 4) is 0 Å². The summed E-state index contributed by atoms with van der Waals surface area (Å²) in [6.45, 7) is 0.208. The maximum atomic E-state index is 11.8. The van der Waals surface area contributed by atoms with Crippen molar-refractivity contribution in [2.45, 2.75) is 6.42 Å². The quantitative estimate of drug-likeness (QED) is 0.754. The highest BCUT2D eigenvalue weighted by molar-refractivity contribution is 7.08. The summed E-state index contributed by atoms with van der Waals surface area (Å²) in [5, 5.41) is 8.81. The number of hydrogen-bond acceptors (Lipinski definition) is 4. The van der Waals surface area contributed by atoms with E-state index in [0.717, 1.165) is 0 Å². The molecule has 0 saturated heterocycles. The molecule has 1 aromatic heterocycles. The molecule has 0 fully saturated rings. The standard InChI is InChI=1S/C15H15N3O3S/c16-14(20)11-3-1-2-4-12(11)18-13(19)5-7-17-15(21)10-6-8-22-9-10/h1-4,6,8-9H,5,7H2,(H2,16,20)(H,17,21)(H,18,19). The van der Waals surface area contributed by atoms with E-state index in [-0.39, 0.29) is 30.3 Å². The third-order valence-corrected chi connectivity index (χ3v) is 3.57. The number of carbonyl (C=O) groups excluding carboxylic acids is 3. The first kappa shape index (κ1) is 15.7. The lowest BCUT2D eigenvalue weighted by molar-refractivity contribution is -0.116. The summed E-state index contributed by atoms with van der Waals surface area (Å²) in [6, 6.07) is 8.21. The van der Waals surface area contributed by atoms with Gasteiger partial charge in [-0.1, -0.05) is 12.1 Å². The second-order valence-electron chi connectivity index (χ2n) is 4.48. The fourth-order valence-corrected chi connectivity index (χ4v) is 2.44. The molecule has 114 valence electrons. The summed E-state index contributed by atoms with van der Waals surface area (Å²) < 4.78 is 0. The highest BCUT2D eigenvalue weighted by Crippen LogP contribution is 2.14. The van der Waals surface area contributed by atoms with Crippen LogP contribution in [0.4, 0.5) is 5.69 Å². The predicted molar refractivity (Wildman–Crippen MR) is 84.9 cm³/mol. The molecule has 0 saturated carbocycles. The first-order chi connectivity index (χ1) is 10.6. The molecule has 7 heteroatoms. The molecule has 1 heterocycles. The average Bonchev–Trinajstić information content (AvgIpc) is 3.01. The summed E-state index contributed by atoms with van der Waals surface area (Å²) in [4.78, 5) is 34.8. The van der Waals surface area contributed by atoms with Gasteiger partial charge in [-0.15, -0.1) is 0 Å². The number of nitrogens with one attached hydrogen (secondary N) is 2. The molecule has 3 amide bonds. The molecular weight excluding hydrogens is 302 g/mol. The Morgan fingerprint density at radius 3 is 2.59 bits per heavy atom. The van der Waals surface area contributed by atoms with Crippen LogP contribution in [0.5, 0.6) is 0 Å². The number of carbonyl (C=O) groups is 3. The van der Waals surface area contributed by atoms with Crippen molar-refractivity contribution in [3.63, 3.8) is 0 Å². The fraction of sp³-hybridized carbons (Fsp3) is 0.133. The monoisotopic (exact) mass is 317 g/mol. The van der Waals surface area contributed by atoms with Crippen LogP contribution in [-0.2, 0) is 4.79 Å². The Balaban J connectivity index is 1.84. The molecule has 4 N–H and O–H groups in total. The minimum absolute atomic E-state index is 0.100. The van der Waals surface area contributed by atoms with Crippen LogP contribution in [0.3, 0.4) is 0 Å². The predicted octanol–water partition coefficient (Wildman–Crippen LogP) is 1.61. The van der Waals surface area contributed by atoms with Gasteiger partial charge in [-0.3, -0.25) is 14.4 Å². The second-order valence-corrected chi connectivity index (χ2v) is 5.26. The number of amides is 3. The molecule has 0 spiro atoms. The van der Waals surface area contributed by atoms with Gasteiger partial charge in [0.2, 0.25) is 5.91 Å². The number of nitrogens with two attached hydrogens (primary N) is 1. The molecule has 2 rings (SSSR count). The van der Waals surface area contributed by atoms with Crippen LogP contribution < -0.4 is 16.4 Å². The van der Waals surface area contributed by atoms with E-state index >= 15 is 0 Å². The summed E-state index contributed by atoms with van der Waals surface area (Å²) in [6.07, 6.45) is 0.100. The normalized spacial score (nSPS) is 10.0. The number of hydrogen-bond donors (Lipinski definition) is 3. The first-order valence-corrected chi connectivity index (χ1v) is 7.51. The highest BCUT2D eigenvalue weighted by atomic mass is 32.1. The van der Waals surface area contributed by atoms with E-state index in [0.29, 0.717) is 11.3 Å². The fourth-order valence-electron chi connectivity index (χ4n) is 1.80. The summed E-state index contributed by atoms with van der Waals surface area (Å²) >= 11 is 1.43. The van der Waals surface area contributed by atoms with E-state index in [1.807, 2.05) is 5.38 Å². The number of primary amides is 1. The van der Waals surface area contributed by atoms with Crippen LogP contribution >= 0.6 is 11.3 Å². The zero-order valence-electron chi connectivity index (χ0n) is 11.7. The van der Waals surface area contributed by atoms with E-state index in [1.54, 1.807) is 29.6 Å². The third-order valence-electron chi connectivity index (χ3n) is 2.89. The van der Waals surface area contributed by atoms with Crippen LogP contribution in [0.15, 0.2) is 41.1 Å². The number of rotatable bonds is 6. The minimum Gasteiger partial charge on any atom is -0.366 e. The Morgan fingerprint density at radius 1 is 1.14 bits per heavy atom. The number of thiophene rings is 1. The Bertz CT molecular complexity index is 683. The van der Waals surface area contributed by atoms with Crippen molar-refractivity contribution in [3.05, 3.63) is 52.2 Å². The van der Waals surface area contributed by atoms with E-state index in [4.69, 9.17) is 5.73 Å². The maximum Gasteiger partial charge on any atom is 0.252 e. The largest absolute Gasteiger partial charge is 0.366 e. The number of anilines is 1. The summed E-state index contributed by atoms with van der Waals surface area (Å²) in [5.41, 5.74) is 6.42. The molecule has 2 aromatic rings. The van der Waals surface area contributed by atoms with Crippen molar-refractivity contribution in [1.29, 1.82) is 0 Å². The van der Waals surface area contributed by atoms with E-state index in [1.165, 1.54) is 17.4 Å². The molecule has 0 unspecified atom stereocenters. The smallest absolute Gasteiger partial charge is 0.252 e. The van der Waals surface area contributed by atoms with Gasteiger partial charge < -0.3 is 16.4 Å². The summed E-state index contributed by atoms with van der Waals surface area (Å²) in [7, 11) is 0. The maximum absolute atomic E-state index is 11.8. The molecule has 0 radical (unpaired) electrons. The lowest BCUT2D eigenvalue weighted by atomic mass is 10.1. The molecule has 6 nitrogen and oxygen atoms in total. The first-order valence-electron chi connectivity index (χ1n) is 6.57. The third kappa shape index (κ3) is 4.16. The van der Waals surface area contributed by atoms with Gasteiger partial charge in [-0.05, 0) is 23.6 Å². The number of benzene rings is 1. The molecule has 0 bridgehead atoms. The lowest BCUT2D eigenvalue weighted by Gasteiger charge is -2.09. The van der Waals surface area contributed by atoms with Gasteiger partial charge in [-0.2, -0.15) is 11.3 Å². The van der Waals surface area contributed by atoms with Crippen molar-refractivity contribution >= 4 is 34.7 Å². The Kier molecular flexibility index (Phi) is 5.26. The average molecular weight is 317 g/mol. The summed E-state index contributed by atoms with van der Waals surface area (Å²) in [5.74, 6) is -1.13. The molecule has 0 atom stereocenters. The van der Waals surface area contributed by atoms with Gasteiger partial charge in [-0.25, -0.2) is 0 Å². The molecule has 0 aliphatic rings. The van der Waals surface area contributed by atoms with Crippen LogP contribution in [0, 0.1) is 0 Å². The minimum atomic E-state index is -0.610. The zero-order chi connectivity index (χ0) is 15.9. The van der Waals surface area contributed by atoms with Gasteiger partial charge in [0.15, 0.2) is 0 Å². The molecule has 0 aliphatic carbocycles. The van der Waals surface area contributed by atoms with Gasteiger partial charge in [0.05, 0.1) is 11.3 Å². The van der Waals surface area contributed by atoms with Gasteiger partial charge in [0, 0.05) is 23.9 Å². The van der Waals surface area contributed by atoms with Gasteiger partial charge in [0.1, 0.15) is 0 Å². The lowest BCUT2D eigenvalue weighted by Crippen LogP contribution is -2.27. The second kappa shape index (κ2) is 7.37. The van der Waals surface area contributed by atoms with Crippen molar-refractivity contribution in [2.75, 3.05) is 11.9 Å². The Labute approximate surface area is 131 Å². The van der Waals surface area contributed by atoms with E-state index < -0.39 is 5.91 Å². The van der Waals surface area contributed by atoms with Crippen molar-refractivity contribution in [1.82, 2.24) is 5.32 Å². The van der Waals surface area contributed by atoms with E-state index in [2.05, 4.69) is 10.6 Å². The number of para-hydroxylation sites is 1. The topological polar surface area (TPSA) is 101 Å². The van der Waals surface area contributed by atoms with Gasteiger partial charge >= 0.3 is 0 Å². The highest BCUT2D eigenvalue weighted by Gasteiger charge is 2.11. The van der Waals surface area contributed by atoms with Crippen LogP contribution in [-0.4, -0.2) is 24.3 Å². The molecule has 1 aromatic carbocycles. The van der Waals surface area contributed by atoms with Gasteiger partial charge in [0.25, 0.3) is 11.8 Å². The van der Waals surface area contributed by atoms with Crippen LogP contribution in [0.25, 0.3) is 0 Å². The van der Waals surface area contributed by atoms with E-state index in [9.17, 15) is 14.4 Å². The van der Waals surface area contributed by atoms with Crippen LogP contribution in [0.1, 0.15) is 27.1 Å². The molecule has 22 heavy (non-hydrogen) atoms. The van der Waals surface area contributed by atoms with Crippen molar-refractivity contribution in [2.24, 2.45) is 5.73 Å².